The number of oxime groups is 1. The molecule has 13 nitrogen and oxygen atoms in total. The summed E-state index contributed by atoms with van der Waals surface area (Å²) in [6, 6.07) is 37.5. The van der Waals surface area contributed by atoms with Crippen molar-refractivity contribution in [3.63, 3.8) is 0 Å². The van der Waals surface area contributed by atoms with E-state index >= 15 is 0 Å². The van der Waals surface area contributed by atoms with Crippen molar-refractivity contribution in [3.8, 4) is 11.8 Å². The molecule has 298 valence electrons. The van der Waals surface area contributed by atoms with E-state index in [2.05, 4.69) is 20.2 Å². The number of benzene rings is 4. The number of rotatable bonds is 16. The van der Waals surface area contributed by atoms with Gasteiger partial charge < -0.3 is 24.9 Å². The number of esters is 1. The number of thioether (sulfide) groups is 1. The highest BCUT2D eigenvalue weighted by Gasteiger charge is 2.54. The van der Waals surface area contributed by atoms with E-state index in [1.54, 1.807) is 43.5 Å². The molecule has 3 heterocycles. The lowest BCUT2D eigenvalue weighted by Crippen LogP contribution is -2.71. The Morgan fingerprint density at radius 3 is 2.19 bits per heavy atom. The summed E-state index contributed by atoms with van der Waals surface area (Å²) in [4.78, 5) is 52.6. The van der Waals surface area contributed by atoms with E-state index in [0.717, 1.165) is 33.8 Å². The molecular weight excluding hydrogens is 810 g/mol. The fourth-order valence-corrected chi connectivity index (χ4v) is 8.75. The van der Waals surface area contributed by atoms with Crippen LogP contribution in [0.1, 0.15) is 28.1 Å². The first-order chi connectivity index (χ1) is 28.9. The maximum absolute atomic E-state index is 14.0. The number of carbonyl (C=O) groups is 3. The average Bonchev–Trinajstić information content (AvgIpc) is 3.75. The molecule has 5 aromatic rings. The van der Waals surface area contributed by atoms with E-state index in [0.29, 0.717) is 22.2 Å². The number of allylic oxidation sites excluding steroid dienone is 2. The summed E-state index contributed by atoms with van der Waals surface area (Å²) in [5.41, 5.74) is 2.85. The van der Waals surface area contributed by atoms with Gasteiger partial charge in [-0.1, -0.05) is 120 Å². The van der Waals surface area contributed by atoms with E-state index in [1.807, 2.05) is 97.1 Å². The summed E-state index contributed by atoms with van der Waals surface area (Å²) < 4.78 is 15.3. The van der Waals surface area contributed by atoms with Crippen LogP contribution in [0.15, 0.2) is 144 Å². The number of nitrogens with zero attached hydrogens (tertiary/aromatic N) is 5. The number of aromatic nitrogens is 2. The topological polar surface area (TPSA) is 168 Å². The summed E-state index contributed by atoms with van der Waals surface area (Å²) in [5.74, 6) is -0.947. The minimum Gasteiger partial charge on any atom is -0.497 e. The van der Waals surface area contributed by atoms with Crippen LogP contribution in [0.3, 0.4) is 0 Å². The van der Waals surface area contributed by atoms with Crippen molar-refractivity contribution in [1.82, 2.24) is 19.6 Å². The Kier molecular flexibility index (Phi) is 13.0. The fourth-order valence-electron chi connectivity index (χ4n) is 6.72. The first-order valence-corrected chi connectivity index (χ1v) is 20.6. The van der Waals surface area contributed by atoms with Gasteiger partial charge in [0.1, 0.15) is 41.1 Å². The maximum atomic E-state index is 14.0. The monoisotopic (exact) mass is 845 g/mol. The first-order valence-electron chi connectivity index (χ1n) is 18.2. The third kappa shape index (κ3) is 8.70. The van der Waals surface area contributed by atoms with Crippen LogP contribution in [-0.2, 0) is 36.1 Å². The summed E-state index contributed by atoms with van der Waals surface area (Å²) in [6.45, 7) is -0.493. The van der Waals surface area contributed by atoms with Gasteiger partial charge in [-0.3, -0.25) is 14.5 Å². The standard InChI is InChI=1S/C43H36ClN7O6S2/c1-55-33-21-19-28(20-22-33)26-56-41(54)36-29(12-11-23-44)27-58-40-35(39(53)51(36)40)46-38(52)34(49-57-25-24-45)37-47-42(59-50-37)48-43(30-13-5-2-6-14-30,31-15-7-3-8-16-31)32-17-9-4-10-18-32/h2-22,35,40H,23,25-27H2,1H3,(H,46,52)(H,47,48,50)/b12-11-,49-34-/t35-,40-/m1/s1. The van der Waals surface area contributed by atoms with E-state index < -0.39 is 41.3 Å². The number of methoxy groups -OCH3 is 1. The largest absolute Gasteiger partial charge is 0.497 e. The highest BCUT2D eigenvalue weighted by Crippen LogP contribution is 2.42. The molecular formula is C43H36ClN7O6S2. The van der Waals surface area contributed by atoms with Crippen molar-refractivity contribution in [3.05, 3.63) is 167 Å². The number of hydrogen-bond acceptors (Lipinski definition) is 13. The van der Waals surface area contributed by atoms with Crippen LogP contribution in [0.4, 0.5) is 5.13 Å². The second-order valence-corrected chi connectivity index (χ2v) is 15.1. The van der Waals surface area contributed by atoms with Crippen LogP contribution in [-0.4, -0.2) is 74.5 Å². The second-order valence-electron chi connectivity index (χ2n) is 13.0. The molecule has 0 unspecified atom stereocenters. The molecule has 2 N–H and O–H groups in total. The van der Waals surface area contributed by atoms with Crippen molar-refractivity contribution in [2.75, 3.05) is 30.7 Å². The molecule has 0 bridgehead atoms. The van der Waals surface area contributed by atoms with Crippen LogP contribution >= 0.6 is 34.9 Å². The van der Waals surface area contributed by atoms with E-state index in [1.165, 1.54) is 16.7 Å². The normalized spacial score (nSPS) is 16.5. The summed E-state index contributed by atoms with van der Waals surface area (Å²) in [7, 11) is 1.56. The molecule has 0 radical (unpaired) electrons. The Morgan fingerprint density at radius 2 is 1.61 bits per heavy atom. The molecule has 7 rings (SSSR count). The Bertz CT molecular complexity index is 2330. The Labute approximate surface area is 353 Å². The molecule has 1 saturated heterocycles. The quantitative estimate of drug-likeness (QED) is 0.0215. The molecule has 2 atom stereocenters. The molecule has 59 heavy (non-hydrogen) atoms. The van der Waals surface area contributed by atoms with Crippen molar-refractivity contribution in [1.29, 1.82) is 5.26 Å². The van der Waals surface area contributed by atoms with Crippen LogP contribution < -0.4 is 15.4 Å². The molecule has 2 aliphatic heterocycles. The summed E-state index contributed by atoms with van der Waals surface area (Å²) in [6.07, 6.45) is 3.37. The lowest BCUT2D eigenvalue weighted by molar-refractivity contribution is -0.153. The van der Waals surface area contributed by atoms with E-state index in [9.17, 15) is 19.6 Å². The van der Waals surface area contributed by atoms with Gasteiger partial charge in [0, 0.05) is 23.2 Å². The number of nitriles is 1. The van der Waals surface area contributed by atoms with Gasteiger partial charge in [-0.15, -0.1) is 23.4 Å². The minimum atomic E-state index is -1.05. The number of amides is 2. The van der Waals surface area contributed by atoms with Gasteiger partial charge in [-0.2, -0.15) is 14.6 Å². The molecule has 1 aromatic heterocycles. The van der Waals surface area contributed by atoms with Gasteiger partial charge in [-0.05, 0) is 40.0 Å². The van der Waals surface area contributed by atoms with Gasteiger partial charge in [0.05, 0.1) is 7.11 Å². The number of hydrogen-bond donors (Lipinski definition) is 2. The first kappa shape index (κ1) is 40.7. The Hall–Kier alpha value is -6.47. The lowest BCUT2D eigenvalue weighted by Gasteiger charge is -2.49. The van der Waals surface area contributed by atoms with Crippen molar-refractivity contribution in [2.45, 2.75) is 23.6 Å². The van der Waals surface area contributed by atoms with Gasteiger partial charge in [-0.25, -0.2) is 4.79 Å². The molecule has 0 spiro atoms. The Morgan fingerprint density at radius 1 is 0.983 bits per heavy atom. The SMILES string of the molecule is COc1ccc(COC(=O)C2=C(/C=C\CCl)CS[C@@H]3[C@H](NC(=O)/C(=N\OCC#N)c4nsc(NC(c5ccccc5)(c5ccccc5)c5ccccc5)n4)C(=O)N23)cc1. The summed E-state index contributed by atoms with van der Waals surface area (Å²) in [5, 5.41) is 19.2. The minimum absolute atomic E-state index is 0.0397. The van der Waals surface area contributed by atoms with Crippen molar-refractivity contribution < 1.29 is 28.7 Å². The maximum Gasteiger partial charge on any atom is 0.355 e. The number of nitrogens with one attached hydrogen (secondary N) is 2. The van der Waals surface area contributed by atoms with Gasteiger partial charge in [0.15, 0.2) is 0 Å². The van der Waals surface area contributed by atoms with Gasteiger partial charge in [0.25, 0.3) is 11.8 Å². The number of fused-ring (bicyclic) bond motifs is 1. The van der Waals surface area contributed by atoms with Crippen molar-refractivity contribution >= 4 is 63.5 Å². The van der Waals surface area contributed by atoms with Gasteiger partial charge in [0.2, 0.25) is 23.3 Å². The lowest BCUT2D eigenvalue weighted by atomic mass is 9.77. The smallest absolute Gasteiger partial charge is 0.355 e. The molecule has 2 aliphatic rings. The van der Waals surface area contributed by atoms with Crippen LogP contribution in [0.5, 0.6) is 5.75 Å². The number of alkyl halides is 1. The highest BCUT2D eigenvalue weighted by atomic mass is 35.5. The molecule has 2 amide bonds. The predicted octanol–water partition coefficient (Wildman–Crippen LogP) is 6.39. The van der Waals surface area contributed by atoms with E-state index in [-0.39, 0.29) is 29.7 Å². The highest BCUT2D eigenvalue weighted by molar-refractivity contribution is 8.00. The zero-order valence-electron chi connectivity index (χ0n) is 31.5. The zero-order valence-corrected chi connectivity index (χ0v) is 33.9. The summed E-state index contributed by atoms with van der Waals surface area (Å²) >= 11 is 8.29. The van der Waals surface area contributed by atoms with Crippen LogP contribution in [0.2, 0.25) is 0 Å². The van der Waals surface area contributed by atoms with Crippen LogP contribution in [0, 0.1) is 11.3 Å². The number of β-lactam (4-membered cyclic amide) rings is 1. The number of anilines is 1. The molecule has 1 fully saturated rings. The Balaban J connectivity index is 1.14. The second kappa shape index (κ2) is 18.9. The number of halogens is 1. The molecule has 0 saturated carbocycles. The molecule has 16 heteroatoms. The van der Waals surface area contributed by atoms with E-state index in [4.69, 9.17) is 30.9 Å². The third-order valence-electron chi connectivity index (χ3n) is 9.47. The molecule has 4 aromatic carbocycles. The fraction of sp³-hybridized carbons (Fsp3) is 0.186. The average molecular weight is 846 g/mol. The molecule has 0 aliphatic carbocycles. The van der Waals surface area contributed by atoms with Crippen molar-refractivity contribution in [2.24, 2.45) is 5.16 Å². The third-order valence-corrected chi connectivity index (χ3v) is 11.6. The number of carbonyl (C=O) groups excluding carboxylic acids is 3. The van der Waals surface area contributed by atoms with Gasteiger partial charge >= 0.3 is 5.97 Å². The predicted molar refractivity (Wildman–Crippen MR) is 226 cm³/mol. The van der Waals surface area contributed by atoms with Crippen LogP contribution in [0.25, 0.3) is 0 Å². The number of ether oxygens (including phenoxy) is 2. The zero-order chi connectivity index (χ0) is 41.2.